The van der Waals surface area contributed by atoms with E-state index in [9.17, 15) is 28.8 Å². The third-order valence-corrected chi connectivity index (χ3v) is 10.1. The van der Waals surface area contributed by atoms with E-state index in [4.69, 9.17) is 4.74 Å². The van der Waals surface area contributed by atoms with Gasteiger partial charge in [0.05, 0.1) is 41.1 Å². The fraction of sp³-hybridized carbons (Fsp3) is 0.294. The Morgan fingerprint density at radius 2 is 1.50 bits per heavy atom. The number of nitrogens with one attached hydrogen (secondary N) is 1. The van der Waals surface area contributed by atoms with Crippen molar-refractivity contribution in [3.8, 4) is 0 Å². The summed E-state index contributed by atoms with van der Waals surface area (Å²) in [5, 5.41) is 2.75. The molecule has 48 heavy (non-hydrogen) atoms. The van der Waals surface area contributed by atoms with Crippen molar-refractivity contribution in [2.24, 2.45) is 5.92 Å². The van der Waals surface area contributed by atoms with Gasteiger partial charge >= 0.3 is 5.97 Å². The summed E-state index contributed by atoms with van der Waals surface area (Å²) in [4.78, 5) is 84.3. The van der Waals surface area contributed by atoms with Crippen LogP contribution in [-0.2, 0) is 19.1 Å². The number of nitrogens with zero attached hydrogens (tertiary/aromatic N) is 4. The molecule has 0 bridgehead atoms. The molecule has 0 saturated carbocycles. The second kappa shape index (κ2) is 13.6. The average Bonchev–Trinajstić information content (AvgIpc) is 3.79. The molecule has 1 saturated heterocycles. The predicted molar refractivity (Wildman–Crippen MR) is 176 cm³/mol. The first-order valence-corrected chi connectivity index (χ1v) is 16.8. The number of ketones is 2. The first-order chi connectivity index (χ1) is 23.1. The molecular weight excluding hydrogens is 655 g/mol. The van der Waals surface area contributed by atoms with Crippen molar-refractivity contribution in [1.29, 1.82) is 0 Å². The van der Waals surface area contributed by atoms with Crippen LogP contribution in [-0.4, -0.2) is 92.6 Å². The molecule has 2 aliphatic rings. The van der Waals surface area contributed by atoms with Crippen molar-refractivity contribution >= 4 is 58.3 Å². The molecular formula is C34H31N5O7S2. The predicted octanol–water partition coefficient (Wildman–Crippen LogP) is 3.17. The minimum Gasteiger partial charge on any atom is -0.467 e. The third-order valence-electron chi connectivity index (χ3n) is 8.50. The molecule has 2 aromatic heterocycles. The van der Waals surface area contributed by atoms with Gasteiger partial charge < -0.3 is 19.9 Å². The van der Waals surface area contributed by atoms with Gasteiger partial charge in [-0.05, 0) is 23.1 Å². The Labute approximate surface area is 284 Å². The fourth-order valence-electron chi connectivity index (χ4n) is 5.98. The van der Waals surface area contributed by atoms with Crippen LogP contribution in [0.25, 0.3) is 0 Å². The molecule has 246 valence electrons. The summed E-state index contributed by atoms with van der Waals surface area (Å²) in [6.07, 6.45) is 0. The summed E-state index contributed by atoms with van der Waals surface area (Å²) < 4.78 is 12.8. The number of carbonyl (C=O) groups excluding carboxylic acids is 6. The maximum absolute atomic E-state index is 14.5. The molecule has 2 atom stereocenters. The number of rotatable bonds is 8. The van der Waals surface area contributed by atoms with Crippen molar-refractivity contribution in [1.82, 2.24) is 23.9 Å². The largest absolute Gasteiger partial charge is 0.467 e. The summed E-state index contributed by atoms with van der Waals surface area (Å²) >= 11 is 1.66. The highest BCUT2D eigenvalue weighted by molar-refractivity contribution is 7.16. The SMILES string of the molecule is COC(=O)[C@@H](NC(=O)C1CN(C(=O)c2cc3c(s2)C(=O)c2nsnc2C3=O)CCN1C(=O)C(c1ccccc1)c1ccccc1)C(C)C. The first-order valence-electron chi connectivity index (χ1n) is 15.2. The Kier molecular flexibility index (Phi) is 9.29. The molecule has 14 heteroatoms. The van der Waals surface area contributed by atoms with E-state index < -0.39 is 47.4 Å². The lowest BCUT2D eigenvalue weighted by Gasteiger charge is -2.42. The smallest absolute Gasteiger partial charge is 0.328 e. The molecule has 3 amide bonds. The highest BCUT2D eigenvalue weighted by atomic mass is 32.1. The van der Waals surface area contributed by atoms with Gasteiger partial charge in [0.1, 0.15) is 12.1 Å². The van der Waals surface area contributed by atoms with Crippen LogP contribution < -0.4 is 5.32 Å². The van der Waals surface area contributed by atoms with Crippen molar-refractivity contribution in [3.63, 3.8) is 0 Å². The van der Waals surface area contributed by atoms with Crippen LogP contribution in [0, 0.1) is 5.92 Å². The summed E-state index contributed by atoms with van der Waals surface area (Å²) in [6, 6.07) is 17.7. The van der Waals surface area contributed by atoms with Crippen LogP contribution >= 0.6 is 23.1 Å². The number of esters is 1. The molecule has 1 unspecified atom stereocenters. The van der Waals surface area contributed by atoms with Gasteiger partial charge in [-0.3, -0.25) is 24.0 Å². The van der Waals surface area contributed by atoms with Crippen molar-refractivity contribution in [2.45, 2.75) is 31.8 Å². The molecule has 1 aliphatic heterocycles. The van der Waals surface area contributed by atoms with E-state index in [0.29, 0.717) is 0 Å². The third kappa shape index (κ3) is 6.04. The zero-order chi connectivity index (χ0) is 34.1. The molecule has 0 radical (unpaired) electrons. The lowest BCUT2D eigenvalue weighted by atomic mass is 9.89. The fourth-order valence-corrected chi connectivity index (χ4v) is 7.58. The Morgan fingerprint density at radius 3 is 2.08 bits per heavy atom. The van der Waals surface area contributed by atoms with Crippen LogP contribution in [0.4, 0.5) is 0 Å². The number of fused-ring (bicyclic) bond motifs is 2. The zero-order valence-corrected chi connectivity index (χ0v) is 27.9. The number of methoxy groups -OCH3 is 1. The highest BCUT2D eigenvalue weighted by Gasteiger charge is 2.43. The molecule has 4 aromatic rings. The monoisotopic (exact) mass is 685 g/mol. The van der Waals surface area contributed by atoms with E-state index in [1.165, 1.54) is 23.0 Å². The van der Waals surface area contributed by atoms with Gasteiger partial charge in [0.15, 0.2) is 11.4 Å². The number of amides is 3. The normalized spacial score (nSPS) is 16.4. The Bertz CT molecular complexity index is 1820. The number of hydrogen-bond donors (Lipinski definition) is 1. The topological polar surface area (TPSA) is 156 Å². The Morgan fingerprint density at radius 1 is 0.896 bits per heavy atom. The highest BCUT2D eigenvalue weighted by Crippen LogP contribution is 2.34. The standard InChI is InChI=1S/C34H31N5O7S2/c1-18(2)25(34(45)46-3)35-31(42)22-17-38(32(43)23-16-21-28(40)26-27(37-48-36-26)29(41)30(21)47-23)14-15-39(22)33(44)24(19-10-6-4-7-11-19)20-12-8-5-9-13-20/h4-13,16,18,22,24-25H,14-15,17H2,1-3H3,(H,35,42)/t22?,25-/m0/s1. The van der Waals surface area contributed by atoms with Crippen LogP contribution in [0.3, 0.4) is 0 Å². The van der Waals surface area contributed by atoms with Gasteiger partial charge in [0.2, 0.25) is 23.4 Å². The lowest BCUT2D eigenvalue weighted by Crippen LogP contribution is -2.63. The van der Waals surface area contributed by atoms with Gasteiger partial charge in [-0.2, -0.15) is 8.75 Å². The average molecular weight is 686 g/mol. The van der Waals surface area contributed by atoms with Crippen molar-refractivity contribution in [3.05, 3.63) is 105 Å². The van der Waals surface area contributed by atoms with Crippen LogP contribution in [0.15, 0.2) is 66.7 Å². The quantitative estimate of drug-likeness (QED) is 0.243. The van der Waals surface area contributed by atoms with Crippen LogP contribution in [0.2, 0.25) is 0 Å². The van der Waals surface area contributed by atoms with E-state index in [-0.39, 0.29) is 58.2 Å². The second-order valence-electron chi connectivity index (χ2n) is 11.8. The number of carbonyl (C=O) groups is 6. The molecule has 0 spiro atoms. The van der Waals surface area contributed by atoms with Crippen molar-refractivity contribution in [2.75, 3.05) is 26.7 Å². The number of ether oxygens (including phenoxy) is 1. The molecule has 12 nitrogen and oxygen atoms in total. The van der Waals surface area contributed by atoms with E-state index in [0.717, 1.165) is 34.2 Å². The first kappa shape index (κ1) is 32.8. The van der Waals surface area contributed by atoms with Gasteiger partial charge in [0, 0.05) is 18.7 Å². The number of benzene rings is 2. The van der Waals surface area contributed by atoms with Gasteiger partial charge in [-0.1, -0.05) is 74.5 Å². The van der Waals surface area contributed by atoms with E-state index >= 15 is 0 Å². The van der Waals surface area contributed by atoms with Crippen molar-refractivity contribution < 1.29 is 33.5 Å². The van der Waals surface area contributed by atoms with E-state index in [1.807, 2.05) is 60.7 Å². The zero-order valence-electron chi connectivity index (χ0n) is 26.2. The summed E-state index contributed by atoms with van der Waals surface area (Å²) in [5.41, 5.74) is 1.49. The molecule has 3 heterocycles. The van der Waals surface area contributed by atoms with E-state index in [1.54, 1.807) is 13.8 Å². The summed E-state index contributed by atoms with van der Waals surface area (Å²) in [5.74, 6) is -4.12. The Balaban J connectivity index is 1.33. The minimum atomic E-state index is -1.17. The van der Waals surface area contributed by atoms with Gasteiger partial charge in [0.25, 0.3) is 5.91 Å². The van der Waals surface area contributed by atoms with Gasteiger partial charge in [-0.15, -0.1) is 11.3 Å². The number of piperazine rings is 1. The van der Waals surface area contributed by atoms with E-state index in [2.05, 4.69) is 14.1 Å². The molecule has 1 fully saturated rings. The minimum absolute atomic E-state index is 0.0111. The maximum atomic E-state index is 14.5. The van der Waals surface area contributed by atoms with Crippen LogP contribution in [0.5, 0.6) is 0 Å². The van der Waals surface area contributed by atoms with Gasteiger partial charge in [-0.25, -0.2) is 4.79 Å². The molecule has 2 aromatic carbocycles. The summed E-state index contributed by atoms with van der Waals surface area (Å²) in [7, 11) is 1.23. The molecule has 1 aliphatic carbocycles. The molecule has 1 N–H and O–H groups in total. The maximum Gasteiger partial charge on any atom is 0.328 e. The lowest BCUT2D eigenvalue weighted by molar-refractivity contribution is -0.149. The van der Waals surface area contributed by atoms with Crippen LogP contribution in [0.1, 0.15) is 72.0 Å². The summed E-state index contributed by atoms with van der Waals surface area (Å²) in [6.45, 7) is 3.41. The Hall–Kier alpha value is -5.08. The number of thiophene rings is 1. The number of aromatic nitrogens is 2. The molecule has 6 rings (SSSR count). The number of hydrogen-bond acceptors (Lipinski definition) is 11. The second-order valence-corrected chi connectivity index (χ2v) is 13.4.